The van der Waals surface area contributed by atoms with E-state index in [0.717, 1.165) is 0 Å². The van der Waals surface area contributed by atoms with Crippen LogP contribution in [0.25, 0.3) is 0 Å². The Labute approximate surface area is 79.2 Å². The molecule has 0 aromatic carbocycles. The summed E-state index contributed by atoms with van der Waals surface area (Å²) in [5.41, 5.74) is 7.35. The average molecular weight is 176 g/mol. The highest BCUT2D eigenvalue weighted by Gasteiger charge is 2.22. The van der Waals surface area contributed by atoms with E-state index in [0.29, 0.717) is 5.92 Å². The van der Waals surface area contributed by atoms with Crippen LogP contribution in [0.5, 0.6) is 0 Å². The lowest BCUT2D eigenvalue weighted by Gasteiger charge is -2.18. The Bertz CT molecular complexity index is 252. The molecule has 0 spiro atoms. The van der Waals surface area contributed by atoms with E-state index < -0.39 is 0 Å². The second kappa shape index (κ2) is 3.88. The molecule has 0 unspecified atom stereocenters. The largest absolute Gasteiger partial charge is 0.324 e. The monoisotopic (exact) mass is 176 g/mol. The van der Waals surface area contributed by atoms with Crippen LogP contribution in [0.15, 0.2) is 24.5 Å². The summed E-state index contributed by atoms with van der Waals surface area (Å²) in [6.07, 6.45) is 8.96. The summed E-state index contributed by atoms with van der Waals surface area (Å²) in [6.45, 7) is 0. The van der Waals surface area contributed by atoms with Crippen molar-refractivity contribution in [2.75, 3.05) is 0 Å². The van der Waals surface area contributed by atoms with Crippen molar-refractivity contribution in [3.05, 3.63) is 30.1 Å². The van der Waals surface area contributed by atoms with E-state index >= 15 is 0 Å². The van der Waals surface area contributed by atoms with E-state index in [9.17, 15) is 0 Å². The Balaban J connectivity index is 2.08. The first-order valence-corrected chi connectivity index (χ1v) is 5.03. The van der Waals surface area contributed by atoms with Gasteiger partial charge in [0, 0.05) is 18.4 Å². The molecule has 0 amide bonds. The van der Waals surface area contributed by atoms with Crippen molar-refractivity contribution in [1.82, 2.24) is 4.98 Å². The fourth-order valence-corrected chi connectivity index (χ4v) is 2.16. The first-order valence-electron chi connectivity index (χ1n) is 5.03. The molecule has 0 bridgehead atoms. The fourth-order valence-electron chi connectivity index (χ4n) is 2.16. The molecular weight excluding hydrogens is 160 g/mol. The van der Waals surface area contributed by atoms with Gasteiger partial charge in [0.05, 0.1) is 0 Å². The van der Waals surface area contributed by atoms with Gasteiger partial charge < -0.3 is 5.73 Å². The van der Waals surface area contributed by atoms with Gasteiger partial charge in [-0.1, -0.05) is 18.9 Å². The molecule has 1 aromatic heterocycles. The summed E-state index contributed by atoms with van der Waals surface area (Å²) < 4.78 is 0. The highest BCUT2D eigenvalue weighted by molar-refractivity contribution is 5.14. The molecule has 2 nitrogen and oxygen atoms in total. The Morgan fingerprint density at radius 2 is 2.15 bits per heavy atom. The molecule has 0 aliphatic heterocycles. The van der Waals surface area contributed by atoms with Gasteiger partial charge in [0.15, 0.2) is 0 Å². The SMILES string of the molecule is N[C@@H](c1cccnc1)C1CCCC1. The zero-order chi connectivity index (χ0) is 9.10. The first kappa shape index (κ1) is 8.70. The van der Waals surface area contributed by atoms with Gasteiger partial charge in [-0.05, 0) is 30.4 Å². The van der Waals surface area contributed by atoms with E-state index in [1.165, 1.54) is 31.2 Å². The molecule has 1 aliphatic carbocycles. The minimum absolute atomic E-state index is 0.205. The van der Waals surface area contributed by atoms with Crippen molar-refractivity contribution in [3.8, 4) is 0 Å². The Kier molecular flexibility index (Phi) is 2.60. The second-order valence-corrected chi connectivity index (χ2v) is 3.86. The zero-order valence-corrected chi connectivity index (χ0v) is 7.82. The summed E-state index contributed by atoms with van der Waals surface area (Å²) in [7, 11) is 0. The van der Waals surface area contributed by atoms with E-state index in [2.05, 4.69) is 11.1 Å². The van der Waals surface area contributed by atoms with Crippen LogP contribution in [0.3, 0.4) is 0 Å². The zero-order valence-electron chi connectivity index (χ0n) is 7.82. The summed E-state index contributed by atoms with van der Waals surface area (Å²) >= 11 is 0. The molecule has 1 aliphatic rings. The maximum atomic E-state index is 6.16. The van der Waals surface area contributed by atoms with Gasteiger partial charge >= 0.3 is 0 Å². The lowest BCUT2D eigenvalue weighted by atomic mass is 9.94. The predicted molar refractivity (Wildman–Crippen MR) is 53.1 cm³/mol. The molecule has 1 atom stereocenters. The summed E-state index contributed by atoms with van der Waals surface area (Å²) in [5.74, 6) is 0.684. The average Bonchev–Trinajstić information content (AvgIpc) is 2.71. The predicted octanol–water partition coefficient (Wildman–Crippen LogP) is 2.27. The maximum Gasteiger partial charge on any atom is 0.0338 e. The Hall–Kier alpha value is -0.890. The van der Waals surface area contributed by atoms with Crippen LogP contribution in [-0.4, -0.2) is 4.98 Å². The lowest BCUT2D eigenvalue weighted by Crippen LogP contribution is -2.19. The minimum atomic E-state index is 0.205. The van der Waals surface area contributed by atoms with Crippen molar-refractivity contribution in [1.29, 1.82) is 0 Å². The molecule has 2 heteroatoms. The third-order valence-corrected chi connectivity index (χ3v) is 2.98. The van der Waals surface area contributed by atoms with Crippen molar-refractivity contribution in [2.24, 2.45) is 11.7 Å². The number of nitrogens with zero attached hydrogens (tertiary/aromatic N) is 1. The van der Waals surface area contributed by atoms with Crippen molar-refractivity contribution in [3.63, 3.8) is 0 Å². The topological polar surface area (TPSA) is 38.9 Å². The van der Waals surface area contributed by atoms with Crippen molar-refractivity contribution < 1.29 is 0 Å². The molecule has 0 saturated heterocycles. The van der Waals surface area contributed by atoms with Crippen LogP contribution < -0.4 is 5.73 Å². The van der Waals surface area contributed by atoms with Gasteiger partial charge in [-0.2, -0.15) is 0 Å². The van der Waals surface area contributed by atoms with Gasteiger partial charge in [0.2, 0.25) is 0 Å². The molecule has 13 heavy (non-hydrogen) atoms. The van der Waals surface area contributed by atoms with E-state index in [4.69, 9.17) is 5.73 Å². The first-order chi connectivity index (χ1) is 6.38. The highest BCUT2D eigenvalue weighted by atomic mass is 14.7. The highest BCUT2D eigenvalue weighted by Crippen LogP contribution is 2.33. The molecule has 1 fully saturated rings. The summed E-state index contributed by atoms with van der Waals surface area (Å²) in [6, 6.07) is 4.25. The van der Waals surface area contributed by atoms with Gasteiger partial charge in [0.1, 0.15) is 0 Å². The molecule has 70 valence electrons. The molecular formula is C11H16N2. The van der Waals surface area contributed by atoms with Crippen LogP contribution in [0, 0.1) is 5.92 Å². The molecule has 2 rings (SSSR count). The number of pyridine rings is 1. The Morgan fingerprint density at radius 1 is 1.38 bits per heavy atom. The van der Waals surface area contributed by atoms with Gasteiger partial charge in [-0.3, -0.25) is 4.98 Å². The minimum Gasteiger partial charge on any atom is -0.324 e. The maximum absolute atomic E-state index is 6.16. The number of rotatable bonds is 2. The van der Waals surface area contributed by atoms with E-state index in [1.54, 1.807) is 6.20 Å². The van der Waals surface area contributed by atoms with Crippen LogP contribution in [0.2, 0.25) is 0 Å². The van der Waals surface area contributed by atoms with Gasteiger partial charge in [-0.25, -0.2) is 0 Å². The molecule has 0 radical (unpaired) electrons. The smallest absolute Gasteiger partial charge is 0.0338 e. The lowest BCUT2D eigenvalue weighted by molar-refractivity contribution is 0.444. The van der Waals surface area contributed by atoms with Crippen molar-refractivity contribution in [2.45, 2.75) is 31.7 Å². The summed E-state index contributed by atoms with van der Waals surface area (Å²) in [5, 5.41) is 0. The van der Waals surface area contributed by atoms with Gasteiger partial charge in [-0.15, -0.1) is 0 Å². The van der Waals surface area contributed by atoms with Gasteiger partial charge in [0.25, 0.3) is 0 Å². The normalized spacial score (nSPS) is 20.4. The second-order valence-electron chi connectivity index (χ2n) is 3.86. The summed E-state index contributed by atoms with van der Waals surface area (Å²) in [4.78, 5) is 4.10. The van der Waals surface area contributed by atoms with Crippen LogP contribution in [0.4, 0.5) is 0 Å². The van der Waals surface area contributed by atoms with E-state index in [1.807, 2.05) is 12.3 Å². The molecule has 1 saturated carbocycles. The number of hydrogen-bond acceptors (Lipinski definition) is 2. The van der Waals surface area contributed by atoms with Crippen LogP contribution in [-0.2, 0) is 0 Å². The van der Waals surface area contributed by atoms with Crippen LogP contribution in [0.1, 0.15) is 37.3 Å². The third-order valence-electron chi connectivity index (χ3n) is 2.98. The fraction of sp³-hybridized carbons (Fsp3) is 0.545. The quantitative estimate of drug-likeness (QED) is 0.750. The third kappa shape index (κ3) is 1.89. The number of aromatic nitrogens is 1. The van der Waals surface area contributed by atoms with Crippen LogP contribution >= 0.6 is 0 Å². The molecule has 1 aromatic rings. The molecule has 1 heterocycles. The van der Waals surface area contributed by atoms with Crippen molar-refractivity contribution >= 4 is 0 Å². The molecule has 2 N–H and O–H groups in total. The Morgan fingerprint density at radius 3 is 2.77 bits per heavy atom. The number of hydrogen-bond donors (Lipinski definition) is 1. The standard InChI is InChI=1S/C11H16N2/c12-11(9-4-1-2-5-9)10-6-3-7-13-8-10/h3,6-9,11H,1-2,4-5,12H2/t11-/m1/s1. The number of nitrogens with two attached hydrogens (primary N) is 1. The van der Waals surface area contributed by atoms with E-state index in [-0.39, 0.29) is 6.04 Å².